The maximum absolute atomic E-state index is 5.99. The highest BCUT2D eigenvalue weighted by molar-refractivity contribution is 6.31. The van der Waals surface area contributed by atoms with Gasteiger partial charge in [-0.3, -0.25) is 0 Å². The van der Waals surface area contributed by atoms with Gasteiger partial charge < -0.3 is 4.74 Å². The number of hydrogen-bond acceptors (Lipinski definition) is 1. The molecule has 1 nitrogen and oxygen atoms in total. The van der Waals surface area contributed by atoms with E-state index in [0.717, 1.165) is 24.7 Å². The van der Waals surface area contributed by atoms with Crippen LogP contribution in [-0.4, -0.2) is 6.61 Å². The molecule has 1 aromatic rings. The van der Waals surface area contributed by atoms with Crippen LogP contribution in [-0.2, 0) is 17.8 Å². The van der Waals surface area contributed by atoms with Crippen LogP contribution in [0.4, 0.5) is 0 Å². The molecule has 1 aromatic carbocycles. The fourth-order valence-corrected chi connectivity index (χ4v) is 1.66. The largest absolute Gasteiger partial charge is 0.376 e. The smallest absolute Gasteiger partial charge is 0.0720 e. The van der Waals surface area contributed by atoms with E-state index in [1.54, 1.807) is 0 Å². The Morgan fingerprint density at radius 3 is 3.09 bits per heavy atom. The van der Waals surface area contributed by atoms with Gasteiger partial charge in [0.25, 0.3) is 0 Å². The Morgan fingerprint density at radius 2 is 2.27 bits per heavy atom. The molecule has 0 atom stereocenters. The van der Waals surface area contributed by atoms with Crippen LogP contribution in [0.25, 0.3) is 0 Å². The Labute approximate surface area is 70.9 Å². The number of fused-ring (bicyclic) bond motifs is 1. The number of hydrogen-bond donors (Lipinski definition) is 0. The van der Waals surface area contributed by atoms with Crippen molar-refractivity contribution in [2.24, 2.45) is 0 Å². The van der Waals surface area contributed by atoms with E-state index in [9.17, 15) is 0 Å². The van der Waals surface area contributed by atoms with Gasteiger partial charge in [0.15, 0.2) is 0 Å². The molecular formula is C9H9ClO. The van der Waals surface area contributed by atoms with Gasteiger partial charge in [-0.1, -0.05) is 23.7 Å². The summed E-state index contributed by atoms with van der Waals surface area (Å²) in [4.78, 5) is 0. The van der Waals surface area contributed by atoms with Gasteiger partial charge in [-0.15, -0.1) is 0 Å². The first-order valence-corrected chi connectivity index (χ1v) is 4.10. The van der Waals surface area contributed by atoms with Crippen LogP contribution in [0.15, 0.2) is 18.2 Å². The summed E-state index contributed by atoms with van der Waals surface area (Å²) in [6.07, 6.45) is 0.953. The first-order valence-electron chi connectivity index (χ1n) is 3.72. The minimum atomic E-state index is 0.718. The highest BCUT2D eigenvalue weighted by atomic mass is 35.5. The summed E-state index contributed by atoms with van der Waals surface area (Å²) >= 11 is 5.99. The zero-order chi connectivity index (χ0) is 7.68. The highest BCUT2D eigenvalue weighted by Crippen LogP contribution is 2.24. The number of benzene rings is 1. The van der Waals surface area contributed by atoms with E-state index >= 15 is 0 Å². The number of halogens is 1. The average molecular weight is 169 g/mol. The van der Waals surface area contributed by atoms with Crippen molar-refractivity contribution in [2.75, 3.05) is 6.61 Å². The van der Waals surface area contributed by atoms with E-state index in [-0.39, 0.29) is 0 Å². The average Bonchev–Trinajstić information content (AvgIpc) is 2.06. The SMILES string of the molecule is Clc1cccc2c1CCOC2. The lowest BCUT2D eigenvalue weighted by molar-refractivity contribution is 0.111. The van der Waals surface area contributed by atoms with E-state index in [2.05, 4.69) is 6.07 Å². The van der Waals surface area contributed by atoms with Crippen molar-refractivity contribution < 1.29 is 4.74 Å². The maximum atomic E-state index is 5.99. The zero-order valence-corrected chi connectivity index (χ0v) is 6.90. The third-order valence-electron chi connectivity index (χ3n) is 1.97. The lowest BCUT2D eigenvalue weighted by atomic mass is 10.0. The second-order valence-electron chi connectivity index (χ2n) is 2.68. The normalized spacial score (nSPS) is 16.1. The van der Waals surface area contributed by atoms with Crippen LogP contribution in [0.3, 0.4) is 0 Å². The topological polar surface area (TPSA) is 9.23 Å². The fraction of sp³-hybridized carbons (Fsp3) is 0.333. The molecule has 0 fully saturated rings. The summed E-state index contributed by atoms with van der Waals surface area (Å²) in [6.45, 7) is 1.52. The standard InChI is InChI=1S/C9H9ClO/c10-9-3-1-2-7-6-11-5-4-8(7)9/h1-3H,4-6H2. The Morgan fingerprint density at radius 1 is 1.36 bits per heavy atom. The fourth-order valence-electron chi connectivity index (χ4n) is 1.37. The van der Waals surface area contributed by atoms with E-state index in [1.807, 2.05) is 12.1 Å². The first kappa shape index (κ1) is 7.14. The second kappa shape index (κ2) is 2.84. The van der Waals surface area contributed by atoms with Crippen LogP contribution < -0.4 is 0 Å². The number of ether oxygens (including phenoxy) is 1. The van der Waals surface area contributed by atoms with Crippen LogP contribution in [0.1, 0.15) is 11.1 Å². The molecule has 0 spiro atoms. The summed E-state index contributed by atoms with van der Waals surface area (Å²) < 4.78 is 5.29. The van der Waals surface area contributed by atoms with Gasteiger partial charge >= 0.3 is 0 Å². The van der Waals surface area contributed by atoms with Crippen molar-refractivity contribution in [3.63, 3.8) is 0 Å². The highest BCUT2D eigenvalue weighted by Gasteiger charge is 2.10. The molecule has 2 heteroatoms. The van der Waals surface area contributed by atoms with Crippen LogP contribution in [0.5, 0.6) is 0 Å². The molecule has 0 N–H and O–H groups in total. The molecule has 2 rings (SSSR count). The zero-order valence-electron chi connectivity index (χ0n) is 6.14. The molecule has 0 bridgehead atoms. The second-order valence-corrected chi connectivity index (χ2v) is 3.09. The molecular weight excluding hydrogens is 160 g/mol. The maximum Gasteiger partial charge on any atom is 0.0720 e. The molecule has 0 aliphatic carbocycles. The van der Waals surface area contributed by atoms with Crippen molar-refractivity contribution in [3.05, 3.63) is 34.3 Å². The summed E-state index contributed by atoms with van der Waals surface area (Å²) in [5, 5.41) is 0.880. The Hall–Kier alpha value is -0.530. The third-order valence-corrected chi connectivity index (χ3v) is 2.32. The molecule has 0 amide bonds. The summed E-state index contributed by atoms with van der Waals surface area (Å²) in [5.41, 5.74) is 2.50. The van der Waals surface area contributed by atoms with E-state index in [0.29, 0.717) is 0 Å². The Bertz CT molecular complexity index is 270. The van der Waals surface area contributed by atoms with Crippen LogP contribution >= 0.6 is 11.6 Å². The van der Waals surface area contributed by atoms with Crippen molar-refractivity contribution in [1.82, 2.24) is 0 Å². The van der Waals surface area contributed by atoms with Crippen molar-refractivity contribution in [1.29, 1.82) is 0 Å². The van der Waals surface area contributed by atoms with Gasteiger partial charge in [0.1, 0.15) is 0 Å². The Balaban J connectivity index is 2.49. The molecule has 1 heterocycles. The van der Waals surface area contributed by atoms with Gasteiger partial charge in [-0.25, -0.2) is 0 Å². The quantitative estimate of drug-likeness (QED) is 0.578. The van der Waals surface area contributed by atoms with Crippen LogP contribution in [0, 0.1) is 0 Å². The van der Waals surface area contributed by atoms with Gasteiger partial charge in [0.2, 0.25) is 0 Å². The molecule has 1 aliphatic rings. The van der Waals surface area contributed by atoms with Gasteiger partial charge in [0.05, 0.1) is 13.2 Å². The molecule has 0 aromatic heterocycles. The predicted octanol–water partition coefficient (Wildman–Crippen LogP) is 2.41. The van der Waals surface area contributed by atoms with E-state index in [1.165, 1.54) is 11.1 Å². The van der Waals surface area contributed by atoms with E-state index < -0.39 is 0 Å². The van der Waals surface area contributed by atoms with Crippen molar-refractivity contribution in [3.8, 4) is 0 Å². The molecule has 11 heavy (non-hydrogen) atoms. The van der Waals surface area contributed by atoms with Gasteiger partial charge in [-0.2, -0.15) is 0 Å². The van der Waals surface area contributed by atoms with E-state index in [4.69, 9.17) is 16.3 Å². The molecule has 0 unspecified atom stereocenters. The Kier molecular flexibility index (Phi) is 1.84. The lowest BCUT2D eigenvalue weighted by Crippen LogP contribution is -2.09. The minimum Gasteiger partial charge on any atom is -0.376 e. The number of rotatable bonds is 0. The van der Waals surface area contributed by atoms with Gasteiger partial charge in [0, 0.05) is 5.02 Å². The molecule has 0 saturated carbocycles. The van der Waals surface area contributed by atoms with Gasteiger partial charge in [-0.05, 0) is 23.6 Å². The predicted molar refractivity (Wildman–Crippen MR) is 44.8 cm³/mol. The summed E-state index contributed by atoms with van der Waals surface area (Å²) in [5.74, 6) is 0. The first-order chi connectivity index (χ1) is 5.38. The summed E-state index contributed by atoms with van der Waals surface area (Å²) in [6, 6.07) is 5.97. The van der Waals surface area contributed by atoms with Crippen LogP contribution in [0.2, 0.25) is 5.02 Å². The monoisotopic (exact) mass is 168 g/mol. The lowest BCUT2D eigenvalue weighted by Gasteiger charge is -2.16. The van der Waals surface area contributed by atoms with Crippen molar-refractivity contribution in [2.45, 2.75) is 13.0 Å². The minimum absolute atomic E-state index is 0.718. The molecule has 58 valence electrons. The molecule has 0 saturated heterocycles. The third kappa shape index (κ3) is 1.26. The summed E-state index contributed by atoms with van der Waals surface area (Å²) in [7, 11) is 0. The molecule has 0 radical (unpaired) electrons. The molecule has 1 aliphatic heterocycles. The van der Waals surface area contributed by atoms with Crippen molar-refractivity contribution >= 4 is 11.6 Å².